The van der Waals surface area contributed by atoms with E-state index >= 15 is 0 Å². The summed E-state index contributed by atoms with van der Waals surface area (Å²) < 4.78 is 13.1. The number of amides is 1. The second-order valence-electron chi connectivity index (χ2n) is 6.81. The molecule has 0 saturated carbocycles. The summed E-state index contributed by atoms with van der Waals surface area (Å²) in [6, 6.07) is 11.9. The first-order valence-corrected chi connectivity index (χ1v) is 9.36. The van der Waals surface area contributed by atoms with Gasteiger partial charge in [-0.05, 0) is 43.7 Å². The van der Waals surface area contributed by atoms with E-state index in [0.717, 1.165) is 18.7 Å². The molecule has 138 valence electrons. The smallest absolute Gasteiger partial charge is 0.255 e. The molecular formula is C20H21Cl2FN2O. The fraction of sp³-hybridized carbons (Fsp3) is 0.350. The fourth-order valence-electron chi connectivity index (χ4n) is 3.35. The molecule has 26 heavy (non-hydrogen) atoms. The Morgan fingerprint density at radius 3 is 2.46 bits per heavy atom. The molecule has 2 atom stereocenters. The first-order valence-electron chi connectivity index (χ1n) is 8.60. The van der Waals surface area contributed by atoms with E-state index in [1.165, 1.54) is 12.1 Å². The first-order chi connectivity index (χ1) is 12.4. The van der Waals surface area contributed by atoms with Crippen molar-refractivity contribution in [3.8, 4) is 0 Å². The zero-order valence-corrected chi connectivity index (χ0v) is 16.3. The van der Waals surface area contributed by atoms with Gasteiger partial charge in [0.1, 0.15) is 5.82 Å². The lowest BCUT2D eigenvalue weighted by Crippen LogP contribution is -2.57. The summed E-state index contributed by atoms with van der Waals surface area (Å²) >= 11 is 12.3. The van der Waals surface area contributed by atoms with Crippen LogP contribution in [0.5, 0.6) is 0 Å². The zero-order valence-electron chi connectivity index (χ0n) is 14.8. The highest BCUT2D eigenvalue weighted by Crippen LogP contribution is 2.28. The average molecular weight is 395 g/mol. The number of piperazine rings is 1. The summed E-state index contributed by atoms with van der Waals surface area (Å²) in [5, 5.41) is 0.681. The van der Waals surface area contributed by atoms with E-state index < -0.39 is 0 Å². The van der Waals surface area contributed by atoms with Gasteiger partial charge < -0.3 is 4.90 Å². The predicted molar refractivity (Wildman–Crippen MR) is 103 cm³/mol. The summed E-state index contributed by atoms with van der Waals surface area (Å²) in [6.07, 6.45) is 0. The standard InChI is InChI=1S/C20H21Cl2FN2O/c1-13-11-25(20(26)17-4-3-5-18(21)19(17)22)14(2)10-24(13)12-15-6-8-16(23)9-7-15/h3-9,13-14H,10-12H2,1-2H3/t13-,14-/m0/s1. The molecule has 1 fully saturated rings. The van der Waals surface area contributed by atoms with Gasteiger partial charge in [0.25, 0.3) is 5.91 Å². The van der Waals surface area contributed by atoms with Crippen molar-refractivity contribution in [2.45, 2.75) is 32.5 Å². The van der Waals surface area contributed by atoms with Crippen LogP contribution in [0.25, 0.3) is 0 Å². The van der Waals surface area contributed by atoms with E-state index in [2.05, 4.69) is 11.8 Å². The average Bonchev–Trinajstić information content (AvgIpc) is 2.61. The Balaban J connectivity index is 1.72. The molecule has 3 nitrogen and oxygen atoms in total. The largest absolute Gasteiger partial charge is 0.333 e. The van der Waals surface area contributed by atoms with Gasteiger partial charge >= 0.3 is 0 Å². The van der Waals surface area contributed by atoms with Crippen LogP contribution in [0.4, 0.5) is 4.39 Å². The van der Waals surface area contributed by atoms with Crippen LogP contribution >= 0.6 is 23.2 Å². The van der Waals surface area contributed by atoms with Crippen LogP contribution < -0.4 is 0 Å². The molecule has 0 N–H and O–H groups in total. The van der Waals surface area contributed by atoms with Crippen molar-refractivity contribution in [1.82, 2.24) is 9.80 Å². The van der Waals surface area contributed by atoms with Crippen molar-refractivity contribution in [2.75, 3.05) is 13.1 Å². The summed E-state index contributed by atoms with van der Waals surface area (Å²) in [5.41, 5.74) is 1.49. The van der Waals surface area contributed by atoms with Crippen molar-refractivity contribution >= 4 is 29.1 Å². The maximum Gasteiger partial charge on any atom is 0.255 e. The van der Waals surface area contributed by atoms with Crippen LogP contribution in [0, 0.1) is 5.82 Å². The van der Waals surface area contributed by atoms with E-state index in [1.54, 1.807) is 30.3 Å². The predicted octanol–water partition coefficient (Wildman–Crippen LogP) is 4.87. The van der Waals surface area contributed by atoms with Crippen LogP contribution in [0.1, 0.15) is 29.8 Å². The highest BCUT2D eigenvalue weighted by molar-refractivity contribution is 6.43. The third-order valence-electron chi connectivity index (χ3n) is 4.86. The number of hydrogen-bond acceptors (Lipinski definition) is 2. The van der Waals surface area contributed by atoms with Gasteiger partial charge in [0.2, 0.25) is 0 Å². The molecule has 0 radical (unpaired) electrons. The van der Waals surface area contributed by atoms with Gasteiger partial charge in [-0.2, -0.15) is 0 Å². The van der Waals surface area contributed by atoms with Gasteiger partial charge in [-0.15, -0.1) is 0 Å². The molecule has 0 spiro atoms. The SMILES string of the molecule is C[C@H]1CN(C(=O)c2cccc(Cl)c2Cl)[C@@H](C)CN1Cc1ccc(F)cc1. The van der Waals surface area contributed by atoms with Gasteiger partial charge in [0.05, 0.1) is 15.6 Å². The Morgan fingerprint density at radius 2 is 1.77 bits per heavy atom. The Bertz CT molecular complexity index is 797. The molecule has 6 heteroatoms. The van der Waals surface area contributed by atoms with Crippen LogP contribution in [0.3, 0.4) is 0 Å². The molecule has 1 heterocycles. The van der Waals surface area contributed by atoms with Gasteiger partial charge in [0, 0.05) is 31.7 Å². The number of nitrogens with zero attached hydrogens (tertiary/aromatic N) is 2. The van der Waals surface area contributed by atoms with Crippen LogP contribution in [0.2, 0.25) is 10.0 Å². The Labute approximate surface area is 163 Å². The van der Waals surface area contributed by atoms with Gasteiger partial charge in [-0.3, -0.25) is 9.69 Å². The van der Waals surface area contributed by atoms with Crippen molar-refractivity contribution < 1.29 is 9.18 Å². The van der Waals surface area contributed by atoms with E-state index in [4.69, 9.17) is 23.2 Å². The van der Waals surface area contributed by atoms with Crippen LogP contribution in [0.15, 0.2) is 42.5 Å². The summed E-state index contributed by atoms with van der Waals surface area (Å²) in [5.74, 6) is -0.331. The Morgan fingerprint density at radius 1 is 1.08 bits per heavy atom. The highest BCUT2D eigenvalue weighted by Gasteiger charge is 2.33. The molecule has 0 unspecified atom stereocenters. The fourth-order valence-corrected chi connectivity index (χ4v) is 3.73. The molecule has 0 aromatic heterocycles. The van der Waals surface area contributed by atoms with E-state index in [1.807, 2.05) is 11.8 Å². The summed E-state index contributed by atoms with van der Waals surface area (Å²) in [4.78, 5) is 17.1. The lowest BCUT2D eigenvalue weighted by molar-refractivity contribution is 0.0291. The second kappa shape index (κ2) is 7.95. The maximum atomic E-state index is 13.1. The van der Waals surface area contributed by atoms with Crippen LogP contribution in [-0.4, -0.2) is 40.9 Å². The monoisotopic (exact) mass is 394 g/mol. The quantitative estimate of drug-likeness (QED) is 0.741. The van der Waals surface area contributed by atoms with E-state index in [-0.39, 0.29) is 23.8 Å². The molecule has 1 aliphatic heterocycles. The number of halogens is 3. The van der Waals surface area contributed by atoms with Gasteiger partial charge in [-0.25, -0.2) is 4.39 Å². The molecule has 0 aliphatic carbocycles. The molecule has 1 amide bonds. The number of hydrogen-bond donors (Lipinski definition) is 0. The summed E-state index contributed by atoms with van der Waals surface area (Å²) in [7, 11) is 0. The number of rotatable bonds is 3. The normalized spacial score (nSPS) is 21.0. The van der Waals surface area contributed by atoms with Crippen LogP contribution in [-0.2, 0) is 6.54 Å². The summed E-state index contributed by atoms with van der Waals surface area (Å²) in [6.45, 7) is 6.19. The maximum absolute atomic E-state index is 13.1. The first kappa shape index (κ1) is 19.2. The van der Waals surface area contributed by atoms with Crippen molar-refractivity contribution in [2.24, 2.45) is 0 Å². The van der Waals surface area contributed by atoms with Gasteiger partial charge in [-0.1, -0.05) is 41.4 Å². The number of carbonyl (C=O) groups excluding carboxylic acids is 1. The highest BCUT2D eigenvalue weighted by atomic mass is 35.5. The van der Waals surface area contributed by atoms with Crippen molar-refractivity contribution in [3.05, 3.63) is 69.5 Å². The number of carbonyl (C=O) groups is 1. The van der Waals surface area contributed by atoms with E-state index in [0.29, 0.717) is 22.2 Å². The molecule has 1 aliphatic rings. The third kappa shape index (κ3) is 4.03. The molecular weight excluding hydrogens is 374 g/mol. The Kier molecular flexibility index (Phi) is 5.86. The van der Waals surface area contributed by atoms with Crippen molar-refractivity contribution in [3.63, 3.8) is 0 Å². The topological polar surface area (TPSA) is 23.6 Å². The molecule has 2 aromatic carbocycles. The molecule has 1 saturated heterocycles. The zero-order chi connectivity index (χ0) is 18.8. The minimum Gasteiger partial charge on any atom is -0.333 e. The van der Waals surface area contributed by atoms with E-state index in [9.17, 15) is 9.18 Å². The number of benzene rings is 2. The lowest BCUT2D eigenvalue weighted by Gasteiger charge is -2.44. The van der Waals surface area contributed by atoms with Gasteiger partial charge in [0.15, 0.2) is 0 Å². The minimum absolute atomic E-state index is 0.0363. The minimum atomic E-state index is -0.232. The second-order valence-corrected chi connectivity index (χ2v) is 7.60. The molecule has 2 aromatic rings. The van der Waals surface area contributed by atoms with Crippen molar-refractivity contribution in [1.29, 1.82) is 0 Å². The Hall–Kier alpha value is -1.62. The lowest BCUT2D eigenvalue weighted by atomic mass is 10.0. The molecule has 0 bridgehead atoms. The third-order valence-corrected chi connectivity index (χ3v) is 5.68. The molecule has 3 rings (SSSR count).